The van der Waals surface area contributed by atoms with Gasteiger partial charge in [0.05, 0.1) is 25.4 Å². The highest BCUT2D eigenvalue weighted by Gasteiger charge is 2.52. The van der Waals surface area contributed by atoms with Crippen molar-refractivity contribution in [3.63, 3.8) is 0 Å². The molecule has 1 rings (SSSR count). The molecule has 21 nitrogen and oxygen atoms in total. The van der Waals surface area contributed by atoms with E-state index < -0.39 is 134 Å². The van der Waals surface area contributed by atoms with E-state index in [1.54, 1.807) is 0 Å². The van der Waals surface area contributed by atoms with Gasteiger partial charge in [-0.05, 0) is 40.0 Å². The van der Waals surface area contributed by atoms with Crippen LogP contribution >= 0.6 is 0 Å². The van der Waals surface area contributed by atoms with Gasteiger partial charge in [-0.3, -0.25) is 34.1 Å². The molecule has 0 aromatic carbocycles. The number of esters is 4. The predicted molar refractivity (Wildman–Crippen MR) is 295 cm³/mol. The summed E-state index contributed by atoms with van der Waals surface area (Å²) in [5, 5.41) is 50.5. The molecule has 1 heterocycles. The molecule has 3 amide bonds. The summed E-state index contributed by atoms with van der Waals surface area (Å²) in [7, 11) is 0. The first-order valence-electron chi connectivity index (χ1n) is 29.7. The molecule has 0 aromatic heterocycles. The monoisotopic (exact) mass is 1120 g/mol. The van der Waals surface area contributed by atoms with Gasteiger partial charge in [-0.1, -0.05) is 168 Å². The second-order valence-electron chi connectivity index (χ2n) is 21.6. The van der Waals surface area contributed by atoms with Crippen molar-refractivity contribution in [2.75, 3.05) is 19.8 Å². The van der Waals surface area contributed by atoms with Crippen molar-refractivity contribution in [2.24, 2.45) is 11.5 Å². The predicted octanol–water partition coefficient (Wildman–Crippen LogP) is 5.63. The Bertz CT molecular complexity index is 1690. The van der Waals surface area contributed by atoms with Crippen molar-refractivity contribution in [3.8, 4) is 0 Å². The summed E-state index contributed by atoms with van der Waals surface area (Å²) in [6, 6.07) is -3.71. The highest BCUT2D eigenvalue weighted by molar-refractivity contribution is 5.93. The van der Waals surface area contributed by atoms with Crippen LogP contribution in [0, 0.1) is 0 Å². The standard InChI is InChI=1S/C57H105N5O16/c1-7-9-11-13-15-17-19-21-23-25-27-29-31-33-46(66)75-45(39-64)52(77-47(67)34-32-30-28-26-24-22-20-18-16-14-12-10-8-2)57(6,56(73)78-48(68)36-35-43(53(59)70)62-54(71)41(4)58)60-37-40(3)74-51-49(61-42(5)65)55(72)76-44(38-63)50(51)69/h40-41,43-45,49-52,55,60,63-64,69,72H,7-39,58H2,1-6H3,(H2,59,70)(H,61,65)(H,62,71)/t40?,41-,43-,44+,45-,49+,50+,51+,52?,55-,57+/m0/s1. The third-order valence-corrected chi connectivity index (χ3v) is 14.3. The molecule has 11 N–H and O–H groups in total. The summed E-state index contributed by atoms with van der Waals surface area (Å²) in [5.41, 5.74) is 8.77. The van der Waals surface area contributed by atoms with E-state index in [0.29, 0.717) is 19.3 Å². The third kappa shape index (κ3) is 30.7. The van der Waals surface area contributed by atoms with Gasteiger partial charge < -0.3 is 66.2 Å². The number of nitrogens with two attached hydrogens (primary N) is 2. The first kappa shape index (κ1) is 72.2. The maximum atomic E-state index is 14.6. The summed E-state index contributed by atoms with van der Waals surface area (Å²) in [5.74, 6) is -6.40. The molecular formula is C57H105N5O16. The van der Waals surface area contributed by atoms with Crippen LogP contribution in [-0.2, 0) is 57.2 Å². The summed E-state index contributed by atoms with van der Waals surface area (Å²) in [6.45, 7) is 7.61. The van der Waals surface area contributed by atoms with Crippen LogP contribution in [0.2, 0.25) is 0 Å². The van der Waals surface area contributed by atoms with Crippen molar-refractivity contribution in [2.45, 2.75) is 301 Å². The van der Waals surface area contributed by atoms with Crippen molar-refractivity contribution in [3.05, 3.63) is 0 Å². The van der Waals surface area contributed by atoms with Crippen LogP contribution < -0.4 is 27.4 Å². The van der Waals surface area contributed by atoms with Gasteiger partial charge in [0.15, 0.2) is 24.0 Å². The minimum Gasteiger partial charge on any atom is -0.456 e. The van der Waals surface area contributed by atoms with Crippen LogP contribution in [0.25, 0.3) is 0 Å². The molecule has 78 heavy (non-hydrogen) atoms. The number of rotatable bonds is 47. The molecule has 1 fully saturated rings. The van der Waals surface area contributed by atoms with Crippen LogP contribution in [0.5, 0.6) is 0 Å². The fraction of sp³-hybridized carbons (Fsp3) is 0.877. The SMILES string of the molecule is CCCCCCCCCCCCCCCC(=O)OC([C@H](CO)OC(=O)CCCCCCCCCCCCCCC)[C@@](C)(NCC(C)O[C@H]1[C@H](O)[C@@H](CO)O[C@H](O)[C@@H]1NC(C)=O)C(=O)OC(=O)CC[C@H](NC(=O)[C@H](C)N)C(N)=O. The second-order valence-corrected chi connectivity index (χ2v) is 21.6. The fourth-order valence-corrected chi connectivity index (χ4v) is 9.47. The van der Waals surface area contributed by atoms with Gasteiger partial charge >= 0.3 is 23.9 Å². The van der Waals surface area contributed by atoms with E-state index in [2.05, 4.69) is 29.8 Å². The number of aliphatic hydroxyl groups is 4. The molecular weight excluding hydrogens is 1010 g/mol. The molecule has 0 radical (unpaired) electrons. The van der Waals surface area contributed by atoms with E-state index in [4.69, 9.17) is 35.2 Å². The van der Waals surface area contributed by atoms with Gasteiger partial charge in [-0.25, -0.2) is 4.79 Å². The minimum atomic E-state index is -2.34. The van der Waals surface area contributed by atoms with Gasteiger partial charge in [0, 0.05) is 32.7 Å². The maximum absolute atomic E-state index is 14.6. The lowest BCUT2D eigenvalue weighted by atomic mass is 9.89. The van der Waals surface area contributed by atoms with E-state index >= 15 is 0 Å². The Morgan fingerprint density at radius 3 is 1.51 bits per heavy atom. The molecule has 0 bridgehead atoms. The van der Waals surface area contributed by atoms with E-state index in [-0.39, 0.29) is 19.4 Å². The molecule has 0 aliphatic carbocycles. The van der Waals surface area contributed by atoms with E-state index in [1.807, 2.05) is 0 Å². The normalized spacial score (nSPS) is 20.1. The van der Waals surface area contributed by atoms with Crippen molar-refractivity contribution in [1.82, 2.24) is 16.0 Å². The van der Waals surface area contributed by atoms with Gasteiger partial charge in [0.1, 0.15) is 30.4 Å². The highest BCUT2D eigenvalue weighted by atomic mass is 16.6. The Morgan fingerprint density at radius 2 is 1.10 bits per heavy atom. The number of primary amides is 1. The lowest BCUT2D eigenvalue weighted by molar-refractivity contribution is -0.267. The molecule has 2 unspecified atom stereocenters. The van der Waals surface area contributed by atoms with Crippen molar-refractivity contribution >= 4 is 41.6 Å². The Hall–Kier alpha value is -3.83. The summed E-state index contributed by atoms with van der Waals surface area (Å²) in [6.07, 6.45) is 16.3. The third-order valence-electron chi connectivity index (χ3n) is 14.3. The number of hydrogen-bond acceptors (Lipinski definition) is 18. The number of hydrogen-bond donors (Lipinski definition) is 9. The van der Waals surface area contributed by atoms with Gasteiger partial charge in [-0.15, -0.1) is 0 Å². The van der Waals surface area contributed by atoms with Crippen LogP contribution in [-0.4, -0.2) is 148 Å². The first-order valence-corrected chi connectivity index (χ1v) is 29.7. The van der Waals surface area contributed by atoms with Crippen LogP contribution in [0.3, 0.4) is 0 Å². The lowest BCUT2D eigenvalue weighted by Crippen LogP contribution is -2.67. The number of amides is 3. The average Bonchev–Trinajstić information content (AvgIpc) is 3.39. The quantitative estimate of drug-likeness (QED) is 0.0154. The number of aliphatic hydroxyl groups excluding tert-OH is 4. The van der Waals surface area contributed by atoms with E-state index in [1.165, 1.54) is 118 Å². The second kappa shape index (κ2) is 43.0. The molecule has 0 spiro atoms. The zero-order valence-electron chi connectivity index (χ0n) is 48.5. The topological polar surface area (TPSA) is 335 Å². The molecule has 1 aliphatic rings. The summed E-state index contributed by atoms with van der Waals surface area (Å²) >= 11 is 0. The number of carbonyl (C=O) groups is 7. The van der Waals surface area contributed by atoms with Crippen LogP contribution in [0.4, 0.5) is 0 Å². The zero-order chi connectivity index (χ0) is 58.3. The lowest BCUT2D eigenvalue weighted by Gasteiger charge is -2.44. The maximum Gasteiger partial charge on any atom is 0.337 e. The van der Waals surface area contributed by atoms with Gasteiger partial charge in [0.25, 0.3) is 0 Å². The minimum absolute atomic E-state index is 0.0457. The highest BCUT2D eigenvalue weighted by Crippen LogP contribution is 2.27. The Balaban J connectivity index is 3.43. The molecule has 0 saturated carbocycles. The van der Waals surface area contributed by atoms with Crippen molar-refractivity contribution < 1.29 is 77.7 Å². The number of nitrogens with one attached hydrogen (secondary N) is 3. The summed E-state index contributed by atoms with van der Waals surface area (Å²) in [4.78, 5) is 92.1. The number of unbranched alkanes of at least 4 members (excludes halogenated alkanes) is 24. The smallest absolute Gasteiger partial charge is 0.337 e. The Kier molecular flexibility index (Phi) is 39.8. The van der Waals surface area contributed by atoms with Crippen molar-refractivity contribution in [1.29, 1.82) is 0 Å². The molecule has 0 aromatic rings. The van der Waals surface area contributed by atoms with Gasteiger partial charge in [-0.2, -0.15) is 0 Å². The number of ether oxygens (including phenoxy) is 5. The zero-order valence-corrected chi connectivity index (χ0v) is 48.5. The van der Waals surface area contributed by atoms with Crippen LogP contribution in [0.1, 0.15) is 234 Å². The average molecular weight is 1120 g/mol. The first-order chi connectivity index (χ1) is 37.2. The fourth-order valence-electron chi connectivity index (χ4n) is 9.47. The molecule has 454 valence electrons. The van der Waals surface area contributed by atoms with Crippen LogP contribution in [0.15, 0.2) is 0 Å². The molecule has 1 aliphatic heterocycles. The molecule has 1 saturated heterocycles. The summed E-state index contributed by atoms with van der Waals surface area (Å²) < 4.78 is 28.6. The van der Waals surface area contributed by atoms with E-state index in [9.17, 15) is 54.0 Å². The number of carbonyl (C=O) groups excluding carboxylic acids is 7. The largest absolute Gasteiger partial charge is 0.456 e. The van der Waals surface area contributed by atoms with Gasteiger partial charge in [0.2, 0.25) is 17.7 Å². The Morgan fingerprint density at radius 1 is 0.654 bits per heavy atom. The Labute approximate surface area is 465 Å². The molecule has 21 heteroatoms. The van der Waals surface area contributed by atoms with E-state index in [0.717, 1.165) is 57.8 Å². The molecule has 11 atom stereocenters.